The van der Waals surface area contributed by atoms with Gasteiger partial charge in [-0.15, -0.1) is 11.6 Å². The van der Waals surface area contributed by atoms with Crippen LogP contribution in [0.5, 0.6) is 0 Å². The van der Waals surface area contributed by atoms with Crippen molar-refractivity contribution >= 4 is 23.2 Å². The van der Waals surface area contributed by atoms with Crippen LogP contribution in [0.15, 0.2) is 0 Å². The Labute approximate surface area is 72.4 Å². The minimum absolute atomic E-state index is 0.443. The van der Waals surface area contributed by atoms with Gasteiger partial charge < -0.3 is 4.74 Å². The van der Waals surface area contributed by atoms with Crippen molar-refractivity contribution in [2.45, 2.75) is 24.0 Å². The van der Waals surface area contributed by atoms with E-state index in [-0.39, 0.29) is 0 Å². The van der Waals surface area contributed by atoms with Crippen LogP contribution in [0.2, 0.25) is 0 Å². The van der Waals surface area contributed by atoms with Gasteiger partial charge >= 0.3 is 6.11 Å². The van der Waals surface area contributed by atoms with Crippen molar-refractivity contribution in [2.75, 3.05) is 6.61 Å². The summed E-state index contributed by atoms with van der Waals surface area (Å²) in [6.45, 7) is 1.00. The Morgan fingerprint density at radius 2 is 1.91 bits per heavy atom. The fraction of sp³-hybridized carbons (Fsp3) is 1.00. The maximum Gasteiger partial charge on any atom is 0.400 e. The van der Waals surface area contributed by atoms with Gasteiger partial charge in [-0.3, -0.25) is 0 Å². The van der Waals surface area contributed by atoms with Crippen LogP contribution in [-0.2, 0) is 4.74 Å². The first kappa shape index (κ1) is 11.3. The molecule has 0 saturated heterocycles. The molecule has 0 aliphatic carbocycles. The molecule has 0 aromatic heterocycles. The molecular formula is C5H7Cl2F3O. The van der Waals surface area contributed by atoms with E-state index < -0.39 is 23.7 Å². The summed E-state index contributed by atoms with van der Waals surface area (Å²) in [5, 5.41) is -0.601. The molecule has 0 saturated carbocycles. The van der Waals surface area contributed by atoms with Crippen molar-refractivity contribution in [1.82, 2.24) is 0 Å². The average Bonchev–Trinajstić information content (AvgIpc) is 1.84. The van der Waals surface area contributed by atoms with Gasteiger partial charge in [0.15, 0.2) is 0 Å². The summed E-state index contributed by atoms with van der Waals surface area (Å²) in [6.07, 6.45) is -3.95. The zero-order valence-corrected chi connectivity index (χ0v) is 7.17. The molecule has 0 aromatic rings. The van der Waals surface area contributed by atoms with Crippen LogP contribution in [0.25, 0.3) is 0 Å². The van der Waals surface area contributed by atoms with Gasteiger partial charge in [-0.05, 0) is 6.92 Å². The number of rotatable bonds is 4. The van der Waals surface area contributed by atoms with E-state index in [0.717, 1.165) is 0 Å². The lowest BCUT2D eigenvalue weighted by molar-refractivity contribution is -0.255. The number of hydrogen-bond donors (Lipinski definition) is 0. The molecule has 0 rings (SSSR count). The largest absolute Gasteiger partial charge is 0.400 e. The van der Waals surface area contributed by atoms with Crippen molar-refractivity contribution in [1.29, 1.82) is 0 Å². The molecule has 0 radical (unpaired) electrons. The van der Waals surface area contributed by atoms with Crippen LogP contribution in [0.1, 0.15) is 6.92 Å². The van der Waals surface area contributed by atoms with E-state index in [1.165, 1.54) is 6.92 Å². The van der Waals surface area contributed by atoms with E-state index in [4.69, 9.17) is 11.6 Å². The van der Waals surface area contributed by atoms with Crippen molar-refractivity contribution in [3.8, 4) is 0 Å². The molecular weight excluding hydrogens is 204 g/mol. The van der Waals surface area contributed by atoms with E-state index in [0.29, 0.717) is 0 Å². The fourth-order valence-corrected chi connectivity index (χ4v) is 0.415. The molecule has 0 N–H and O–H groups in total. The van der Waals surface area contributed by atoms with Crippen molar-refractivity contribution in [2.24, 2.45) is 0 Å². The molecule has 0 heterocycles. The second kappa shape index (κ2) is 4.38. The van der Waals surface area contributed by atoms with Crippen LogP contribution >= 0.6 is 23.2 Å². The second-order valence-electron chi connectivity index (χ2n) is 1.95. The molecule has 0 aliphatic rings. The van der Waals surface area contributed by atoms with Gasteiger partial charge in [0.1, 0.15) is 0 Å². The Morgan fingerprint density at radius 3 is 2.18 bits per heavy atom. The first-order chi connectivity index (χ1) is 4.86. The summed E-state index contributed by atoms with van der Waals surface area (Å²) < 4.78 is 39.8. The highest BCUT2D eigenvalue weighted by atomic mass is 35.5. The fourth-order valence-electron chi connectivity index (χ4n) is 0.289. The third-order valence-electron chi connectivity index (χ3n) is 0.759. The molecule has 2 atom stereocenters. The maximum atomic E-state index is 12.1. The van der Waals surface area contributed by atoms with E-state index in [9.17, 15) is 13.2 Å². The molecule has 6 heteroatoms. The Kier molecular flexibility index (Phi) is 4.51. The van der Waals surface area contributed by atoms with E-state index in [2.05, 4.69) is 16.3 Å². The minimum Gasteiger partial charge on any atom is -0.316 e. The minimum atomic E-state index is -3.95. The second-order valence-corrected chi connectivity index (χ2v) is 3.08. The number of hydrogen-bond acceptors (Lipinski definition) is 1. The van der Waals surface area contributed by atoms with Gasteiger partial charge in [-0.25, -0.2) is 4.39 Å². The molecule has 2 unspecified atom stereocenters. The number of ether oxygens (including phenoxy) is 1. The Hall–Kier alpha value is 0.330. The lowest BCUT2D eigenvalue weighted by Crippen LogP contribution is -2.31. The normalized spacial score (nSPS) is 18.0. The highest BCUT2D eigenvalue weighted by Gasteiger charge is 2.40. The third kappa shape index (κ3) is 4.71. The summed E-state index contributed by atoms with van der Waals surface area (Å²) >= 11 is 9.73. The average molecular weight is 211 g/mol. The van der Waals surface area contributed by atoms with Crippen LogP contribution < -0.4 is 0 Å². The van der Waals surface area contributed by atoms with Crippen molar-refractivity contribution in [3.05, 3.63) is 0 Å². The molecule has 0 aliphatic heterocycles. The summed E-state index contributed by atoms with van der Waals surface area (Å²) in [7, 11) is 0. The summed E-state index contributed by atoms with van der Waals surface area (Å²) in [4.78, 5) is 0. The summed E-state index contributed by atoms with van der Waals surface area (Å²) in [5.74, 6) is 0. The lowest BCUT2D eigenvalue weighted by Gasteiger charge is -2.16. The molecule has 11 heavy (non-hydrogen) atoms. The van der Waals surface area contributed by atoms with Crippen molar-refractivity contribution < 1.29 is 17.9 Å². The van der Waals surface area contributed by atoms with E-state index >= 15 is 0 Å². The van der Waals surface area contributed by atoms with Gasteiger partial charge in [-0.1, -0.05) is 11.6 Å². The van der Waals surface area contributed by atoms with Crippen LogP contribution in [0.4, 0.5) is 13.2 Å². The SMILES string of the molecule is CC(Cl)COC(F)(F)C(F)Cl. The van der Waals surface area contributed by atoms with E-state index in [1.54, 1.807) is 0 Å². The molecule has 0 amide bonds. The molecule has 1 nitrogen and oxygen atoms in total. The van der Waals surface area contributed by atoms with E-state index in [1.807, 2.05) is 0 Å². The van der Waals surface area contributed by atoms with Gasteiger partial charge in [-0.2, -0.15) is 8.78 Å². The highest BCUT2D eigenvalue weighted by Crippen LogP contribution is 2.26. The number of alkyl halides is 5. The third-order valence-corrected chi connectivity index (χ3v) is 1.14. The quantitative estimate of drug-likeness (QED) is 0.649. The lowest BCUT2D eigenvalue weighted by atomic mass is 10.5. The van der Waals surface area contributed by atoms with Crippen LogP contribution in [-0.4, -0.2) is 23.7 Å². The van der Waals surface area contributed by atoms with Crippen molar-refractivity contribution in [3.63, 3.8) is 0 Å². The standard InChI is InChI=1S/C5H7Cl2F3O/c1-3(6)2-11-5(9,10)4(7)8/h3-4H,2H2,1H3. The summed E-state index contributed by atoms with van der Waals surface area (Å²) in [6, 6.07) is 0. The summed E-state index contributed by atoms with van der Waals surface area (Å²) in [5.41, 5.74) is -2.84. The molecule has 68 valence electrons. The Balaban J connectivity index is 3.73. The van der Waals surface area contributed by atoms with Gasteiger partial charge in [0.25, 0.3) is 5.63 Å². The highest BCUT2D eigenvalue weighted by molar-refractivity contribution is 6.20. The molecule has 0 spiro atoms. The van der Waals surface area contributed by atoms with Crippen LogP contribution in [0, 0.1) is 0 Å². The molecule has 0 bridgehead atoms. The van der Waals surface area contributed by atoms with Gasteiger partial charge in [0, 0.05) is 0 Å². The molecule has 0 fully saturated rings. The zero-order chi connectivity index (χ0) is 9.07. The predicted molar refractivity (Wildman–Crippen MR) is 37.0 cm³/mol. The topological polar surface area (TPSA) is 9.23 Å². The first-order valence-corrected chi connectivity index (χ1v) is 3.67. The number of halogens is 5. The first-order valence-electron chi connectivity index (χ1n) is 2.80. The van der Waals surface area contributed by atoms with Gasteiger partial charge in [0.05, 0.1) is 12.0 Å². The maximum absolute atomic E-state index is 12.1. The predicted octanol–water partition coefficient (Wildman–Crippen LogP) is 2.76. The zero-order valence-electron chi connectivity index (χ0n) is 5.66. The smallest absolute Gasteiger partial charge is 0.316 e. The monoisotopic (exact) mass is 210 g/mol. The molecule has 0 aromatic carbocycles. The van der Waals surface area contributed by atoms with Gasteiger partial charge in [0.2, 0.25) is 0 Å². The van der Waals surface area contributed by atoms with Crippen LogP contribution in [0.3, 0.4) is 0 Å². The Bertz CT molecular complexity index is 118. The Morgan fingerprint density at radius 1 is 1.45 bits per heavy atom.